The first kappa shape index (κ1) is 30.9. The van der Waals surface area contributed by atoms with Crippen LogP contribution < -0.4 is 21.7 Å². The molecule has 3 aliphatic heterocycles. The van der Waals surface area contributed by atoms with Gasteiger partial charge in [-0.2, -0.15) is 10.7 Å². The average Bonchev–Trinajstić information content (AvgIpc) is 3.62. The summed E-state index contributed by atoms with van der Waals surface area (Å²) in [6.45, 7) is 4.78. The molecular formula is C39H56N6O. The van der Waals surface area contributed by atoms with Crippen LogP contribution in [0.15, 0.2) is 48.5 Å². The number of hydrogen-bond acceptors (Lipinski definition) is 6. The highest BCUT2D eigenvalue weighted by atomic mass is 16.2. The van der Waals surface area contributed by atoms with Gasteiger partial charge < -0.3 is 10.2 Å². The lowest BCUT2D eigenvalue weighted by Crippen LogP contribution is -2.52. The summed E-state index contributed by atoms with van der Waals surface area (Å²) in [5.41, 5.74) is 17.3. The molecular weight excluding hydrogens is 568 g/mol. The highest BCUT2D eigenvalue weighted by Gasteiger charge is 2.72. The number of nitrogens with one attached hydrogen (secondary N) is 4. The maximum atomic E-state index is 12.6. The van der Waals surface area contributed by atoms with Gasteiger partial charge in [0.25, 0.3) is 0 Å². The predicted molar refractivity (Wildman–Crippen MR) is 185 cm³/mol. The van der Waals surface area contributed by atoms with E-state index < -0.39 is 0 Å². The number of benzene rings is 2. The third-order valence-electron chi connectivity index (χ3n) is 13.4. The summed E-state index contributed by atoms with van der Waals surface area (Å²) in [5.74, 6) is 2.13. The lowest BCUT2D eigenvalue weighted by Gasteiger charge is -2.40. The van der Waals surface area contributed by atoms with Gasteiger partial charge in [0.1, 0.15) is 0 Å². The summed E-state index contributed by atoms with van der Waals surface area (Å²) in [6, 6.07) is 19.6. The van der Waals surface area contributed by atoms with Gasteiger partial charge in [-0.3, -0.25) is 4.79 Å². The zero-order valence-corrected chi connectivity index (χ0v) is 28.0. The molecule has 0 radical (unpaired) electrons. The Morgan fingerprint density at radius 1 is 0.870 bits per heavy atom. The second-order valence-corrected chi connectivity index (χ2v) is 15.6. The van der Waals surface area contributed by atoms with Crippen LogP contribution in [0.5, 0.6) is 0 Å². The van der Waals surface area contributed by atoms with E-state index in [1.54, 1.807) is 0 Å². The molecule has 3 aliphatic carbocycles. The molecule has 0 bridgehead atoms. The standard InChI is InChI=1S/C39H56N6O/c1-2-35(46)44-24-22-38(23-25-44)27-39(38,37-41-43-45(42-37)31-14-8-5-9-15-31)30-20-18-28(19-21-30)33-26-40-34-17-11-10-16-32(34)36(33)29-12-6-3-4-7-13-29/h10-11,16-21,29,31,33,36-37,40-43H,2-9,12-15,22-27H2,1H3/t33?,36?,37?,39-/m1/s1. The van der Waals surface area contributed by atoms with Crippen molar-refractivity contribution in [2.24, 2.45) is 11.3 Å². The van der Waals surface area contributed by atoms with Crippen molar-refractivity contribution in [1.29, 1.82) is 0 Å². The van der Waals surface area contributed by atoms with Crippen LogP contribution in [-0.2, 0) is 10.2 Å². The molecule has 7 nitrogen and oxygen atoms in total. The van der Waals surface area contributed by atoms with Gasteiger partial charge in [0.05, 0.1) is 6.17 Å². The summed E-state index contributed by atoms with van der Waals surface area (Å²) >= 11 is 0. The number of rotatable bonds is 6. The van der Waals surface area contributed by atoms with Crippen LogP contribution >= 0.6 is 0 Å². The fourth-order valence-electron chi connectivity index (χ4n) is 10.7. The fourth-order valence-corrected chi connectivity index (χ4v) is 10.7. The number of carbonyl (C=O) groups excluding carboxylic acids is 1. The van der Waals surface area contributed by atoms with Crippen LogP contribution in [0.3, 0.4) is 0 Å². The van der Waals surface area contributed by atoms with Crippen LogP contribution in [0.25, 0.3) is 0 Å². The summed E-state index contributed by atoms with van der Waals surface area (Å²) in [6.07, 6.45) is 18.8. The summed E-state index contributed by atoms with van der Waals surface area (Å²) < 4.78 is 0. The lowest BCUT2D eigenvalue weighted by atomic mass is 9.69. The van der Waals surface area contributed by atoms with Gasteiger partial charge in [0, 0.05) is 49.1 Å². The predicted octanol–water partition coefficient (Wildman–Crippen LogP) is 7.10. The Balaban J connectivity index is 1.08. The van der Waals surface area contributed by atoms with Crippen molar-refractivity contribution in [1.82, 2.24) is 26.4 Å². The van der Waals surface area contributed by atoms with E-state index in [2.05, 4.69) is 80.3 Å². The van der Waals surface area contributed by atoms with Gasteiger partial charge in [-0.25, -0.2) is 10.9 Å². The van der Waals surface area contributed by atoms with Crippen LogP contribution in [-0.4, -0.2) is 47.8 Å². The van der Waals surface area contributed by atoms with E-state index >= 15 is 0 Å². The minimum atomic E-state index is 0.00139. The van der Waals surface area contributed by atoms with Gasteiger partial charge in [0.15, 0.2) is 0 Å². The van der Waals surface area contributed by atoms with Crippen molar-refractivity contribution in [2.45, 2.75) is 133 Å². The maximum absolute atomic E-state index is 12.6. The molecule has 46 heavy (non-hydrogen) atoms. The molecule has 3 saturated carbocycles. The van der Waals surface area contributed by atoms with Crippen molar-refractivity contribution in [2.75, 3.05) is 25.0 Å². The zero-order chi connectivity index (χ0) is 31.1. The molecule has 2 aromatic rings. The molecule has 248 valence electrons. The molecule has 3 heterocycles. The smallest absolute Gasteiger partial charge is 0.222 e. The third-order valence-corrected chi connectivity index (χ3v) is 13.4. The topological polar surface area (TPSA) is 71.7 Å². The second-order valence-electron chi connectivity index (χ2n) is 15.6. The van der Waals surface area contributed by atoms with Crippen molar-refractivity contribution >= 4 is 11.6 Å². The summed E-state index contributed by atoms with van der Waals surface area (Å²) in [5, 5.41) is 6.13. The molecule has 2 aromatic carbocycles. The quantitative estimate of drug-likeness (QED) is 0.257. The molecule has 6 aliphatic rings. The maximum Gasteiger partial charge on any atom is 0.222 e. The van der Waals surface area contributed by atoms with Gasteiger partial charge in [-0.15, -0.1) is 0 Å². The number of likely N-dealkylation sites (tertiary alicyclic amines) is 1. The van der Waals surface area contributed by atoms with Crippen LogP contribution in [0, 0.1) is 11.3 Å². The normalized spacial score (nSPS) is 32.1. The number of fused-ring (bicyclic) bond motifs is 1. The number of nitrogens with zero attached hydrogens (tertiary/aromatic N) is 2. The number of amides is 1. The SMILES string of the molecule is CCC(=O)N1CCC2(CC1)C[C@@]2(c1ccc(C2CNc3ccccc3C2C2CCCCCC2)cc1)C1NNN(C2CCCCC2)N1. The van der Waals surface area contributed by atoms with E-state index in [0.29, 0.717) is 30.2 Å². The van der Waals surface area contributed by atoms with Crippen LogP contribution in [0.4, 0.5) is 5.69 Å². The largest absolute Gasteiger partial charge is 0.384 e. The summed E-state index contributed by atoms with van der Waals surface area (Å²) in [4.78, 5) is 14.7. The molecule has 3 unspecified atom stereocenters. The number of anilines is 1. The first-order valence-corrected chi connectivity index (χ1v) is 18.9. The van der Waals surface area contributed by atoms with Crippen molar-refractivity contribution < 1.29 is 4.79 Å². The zero-order valence-electron chi connectivity index (χ0n) is 28.0. The molecule has 4 N–H and O–H groups in total. The number of hydrogen-bond donors (Lipinski definition) is 4. The highest BCUT2D eigenvalue weighted by molar-refractivity contribution is 5.76. The lowest BCUT2D eigenvalue weighted by molar-refractivity contribution is -0.132. The van der Waals surface area contributed by atoms with E-state index in [1.807, 2.05) is 6.92 Å². The fraction of sp³-hybridized carbons (Fsp3) is 0.667. The van der Waals surface area contributed by atoms with Gasteiger partial charge in [-0.1, -0.05) is 94.3 Å². The van der Waals surface area contributed by atoms with Crippen molar-refractivity contribution in [3.63, 3.8) is 0 Å². The molecule has 1 amide bonds. The monoisotopic (exact) mass is 624 g/mol. The number of para-hydroxylation sites is 1. The first-order chi connectivity index (χ1) is 22.6. The molecule has 5 fully saturated rings. The Kier molecular flexibility index (Phi) is 8.63. The van der Waals surface area contributed by atoms with E-state index in [9.17, 15) is 4.79 Å². The Morgan fingerprint density at radius 2 is 1.57 bits per heavy atom. The van der Waals surface area contributed by atoms with E-state index in [0.717, 1.165) is 38.4 Å². The molecule has 8 rings (SSSR count). The molecule has 4 atom stereocenters. The van der Waals surface area contributed by atoms with Crippen LogP contribution in [0.2, 0.25) is 0 Å². The number of piperidine rings is 1. The van der Waals surface area contributed by atoms with E-state index in [1.165, 1.54) is 99.4 Å². The molecule has 2 saturated heterocycles. The minimum absolute atomic E-state index is 0.00139. The van der Waals surface area contributed by atoms with Crippen molar-refractivity contribution in [3.8, 4) is 0 Å². The van der Waals surface area contributed by atoms with E-state index in [-0.39, 0.29) is 17.0 Å². The van der Waals surface area contributed by atoms with Gasteiger partial charge in [0.2, 0.25) is 5.91 Å². The Morgan fingerprint density at radius 3 is 2.30 bits per heavy atom. The minimum Gasteiger partial charge on any atom is -0.384 e. The highest BCUT2D eigenvalue weighted by Crippen LogP contribution is 2.71. The molecule has 7 heteroatoms. The van der Waals surface area contributed by atoms with E-state index in [4.69, 9.17) is 0 Å². The van der Waals surface area contributed by atoms with Crippen LogP contribution in [0.1, 0.15) is 132 Å². The Labute approximate surface area is 276 Å². The summed E-state index contributed by atoms with van der Waals surface area (Å²) in [7, 11) is 0. The Hall–Kier alpha value is -2.45. The number of hydrazine groups is 3. The molecule has 0 aromatic heterocycles. The number of carbonyl (C=O) groups is 1. The first-order valence-electron chi connectivity index (χ1n) is 18.9. The third kappa shape index (κ3) is 5.39. The Bertz CT molecular complexity index is 1360. The van der Waals surface area contributed by atoms with Crippen molar-refractivity contribution in [3.05, 3.63) is 65.2 Å². The van der Waals surface area contributed by atoms with Gasteiger partial charge >= 0.3 is 0 Å². The van der Waals surface area contributed by atoms with Gasteiger partial charge in [-0.05, 0) is 85.0 Å². The second kappa shape index (κ2) is 12.9. The average molecular weight is 625 g/mol. The molecule has 1 spiro atoms.